The molecule has 19 heavy (non-hydrogen) atoms. The number of nitrogens with one attached hydrogen (secondary N) is 1. The Labute approximate surface area is 118 Å². The van der Waals surface area contributed by atoms with Gasteiger partial charge in [0.2, 0.25) is 5.88 Å². The third kappa shape index (κ3) is 4.11. The molecule has 2 heterocycles. The van der Waals surface area contributed by atoms with Gasteiger partial charge in [0, 0.05) is 12.8 Å². The third-order valence-corrected chi connectivity index (χ3v) is 3.08. The molecule has 2 aromatic heterocycles. The summed E-state index contributed by atoms with van der Waals surface area (Å²) in [5.74, 6) is 0.464. The second-order valence-corrected chi connectivity index (χ2v) is 4.76. The Morgan fingerprint density at radius 1 is 1.26 bits per heavy atom. The Hall–Kier alpha value is -1.26. The summed E-state index contributed by atoms with van der Waals surface area (Å²) in [5.41, 5.74) is 1.76. The van der Waals surface area contributed by atoms with Crippen LogP contribution in [0.3, 0.4) is 0 Å². The lowest BCUT2D eigenvalue weighted by molar-refractivity contribution is 0.0960. The molecule has 0 fully saturated rings. The van der Waals surface area contributed by atoms with Crippen LogP contribution < -0.4 is 4.74 Å². The van der Waals surface area contributed by atoms with Crippen molar-refractivity contribution in [3.63, 3.8) is 0 Å². The van der Waals surface area contributed by atoms with Crippen LogP contribution in [0, 0.1) is 0 Å². The van der Waals surface area contributed by atoms with Crippen LogP contribution >= 0.6 is 11.6 Å². The van der Waals surface area contributed by atoms with Gasteiger partial charge in [-0.25, -0.2) is 4.98 Å². The molecule has 4 nitrogen and oxygen atoms in total. The van der Waals surface area contributed by atoms with Crippen LogP contribution in [0.4, 0.5) is 0 Å². The van der Waals surface area contributed by atoms with Crippen LogP contribution in [0.15, 0.2) is 18.3 Å². The maximum absolute atomic E-state index is 6.09. The quantitative estimate of drug-likeness (QED) is 0.749. The van der Waals surface area contributed by atoms with Crippen molar-refractivity contribution in [2.45, 2.75) is 26.2 Å². The number of rotatable bonds is 8. The summed E-state index contributed by atoms with van der Waals surface area (Å²) < 4.78 is 11.0. The standard InChI is InChI=1S/C14H19ClN2O2/c1-2-3-4-7-18-8-9-19-14-11(15)10-13-12(17-14)5-6-16-13/h5-6,10,16H,2-4,7-9H2,1H3. The van der Waals surface area contributed by atoms with Gasteiger partial charge in [0.05, 0.1) is 17.6 Å². The van der Waals surface area contributed by atoms with Crippen LogP contribution in [0.1, 0.15) is 26.2 Å². The van der Waals surface area contributed by atoms with Gasteiger partial charge in [0.15, 0.2) is 0 Å². The van der Waals surface area contributed by atoms with Gasteiger partial charge < -0.3 is 14.5 Å². The van der Waals surface area contributed by atoms with Crippen molar-refractivity contribution in [3.8, 4) is 5.88 Å². The monoisotopic (exact) mass is 282 g/mol. The van der Waals surface area contributed by atoms with Gasteiger partial charge in [-0.3, -0.25) is 0 Å². The summed E-state index contributed by atoms with van der Waals surface area (Å²) in [7, 11) is 0. The molecule has 0 unspecified atom stereocenters. The van der Waals surface area contributed by atoms with Gasteiger partial charge in [-0.1, -0.05) is 31.4 Å². The van der Waals surface area contributed by atoms with Crippen LogP contribution in [0.5, 0.6) is 5.88 Å². The average Bonchev–Trinajstić information content (AvgIpc) is 2.84. The van der Waals surface area contributed by atoms with Gasteiger partial charge in [-0.15, -0.1) is 0 Å². The van der Waals surface area contributed by atoms with Gasteiger partial charge in [-0.2, -0.15) is 0 Å². The molecule has 0 spiro atoms. The fourth-order valence-corrected chi connectivity index (χ4v) is 2.00. The number of ether oxygens (including phenoxy) is 2. The maximum atomic E-state index is 6.09. The molecule has 2 aromatic rings. The Morgan fingerprint density at radius 2 is 2.16 bits per heavy atom. The fourth-order valence-electron chi connectivity index (χ4n) is 1.79. The van der Waals surface area contributed by atoms with Crippen molar-refractivity contribution in [2.24, 2.45) is 0 Å². The zero-order valence-electron chi connectivity index (χ0n) is 11.1. The van der Waals surface area contributed by atoms with Crippen LogP contribution in [-0.2, 0) is 4.74 Å². The summed E-state index contributed by atoms with van der Waals surface area (Å²) in [4.78, 5) is 7.40. The summed E-state index contributed by atoms with van der Waals surface area (Å²) in [6.07, 6.45) is 5.34. The Balaban J connectivity index is 1.76. The first-order chi connectivity index (χ1) is 9.31. The van der Waals surface area contributed by atoms with Crippen molar-refractivity contribution in [3.05, 3.63) is 23.4 Å². The number of hydrogen-bond donors (Lipinski definition) is 1. The number of pyridine rings is 1. The van der Waals surface area contributed by atoms with Gasteiger partial charge in [0.1, 0.15) is 11.6 Å². The van der Waals surface area contributed by atoms with E-state index in [-0.39, 0.29) is 0 Å². The minimum Gasteiger partial charge on any atom is -0.474 e. The van der Waals surface area contributed by atoms with Gasteiger partial charge in [-0.05, 0) is 18.6 Å². The van der Waals surface area contributed by atoms with Gasteiger partial charge >= 0.3 is 0 Å². The third-order valence-electron chi connectivity index (χ3n) is 2.81. The molecule has 1 N–H and O–H groups in total. The SMILES string of the molecule is CCCCCOCCOc1nc2cc[nH]c2cc1Cl. The molecule has 5 heteroatoms. The highest BCUT2D eigenvalue weighted by molar-refractivity contribution is 6.32. The number of nitrogens with zero attached hydrogens (tertiary/aromatic N) is 1. The molecule has 0 aliphatic carbocycles. The van der Waals surface area contributed by atoms with Crippen molar-refractivity contribution >= 4 is 22.6 Å². The number of H-pyrrole nitrogens is 1. The highest BCUT2D eigenvalue weighted by atomic mass is 35.5. The number of aromatic amines is 1. The normalized spacial score (nSPS) is 11.1. The van der Waals surface area contributed by atoms with Gasteiger partial charge in [0.25, 0.3) is 0 Å². The number of halogens is 1. The van der Waals surface area contributed by atoms with E-state index in [9.17, 15) is 0 Å². The van der Waals surface area contributed by atoms with Crippen molar-refractivity contribution in [2.75, 3.05) is 19.8 Å². The van der Waals surface area contributed by atoms with Crippen LogP contribution in [0.2, 0.25) is 5.02 Å². The lowest BCUT2D eigenvalue weighted by atomic mass is 10.3. The number of aromatic nitrogens is 2. The summed E-state index contributed by atoms with van der Waals surface area (Å²) in [6.45, 7) is 3.99. The summed E-state index contributed by atoms with van der Waals surface area (Å²) >= 11 is 6.09. The van der Waals surface area contributed by atoms with E-state index in [0.717, 1.165) is 24.1 Å². The Bertz CT molecular complexity index is 513. The molecule has 0 atom stereocenters. The number of fused-ring (bicyclic) bond motifs is 1. The van der Waals surface area contributed by atoms with E-state index in [4.69, 9.17) is 21.1 Å². The van der Waals surface area contributed by atoms with E-state index in [1.54, 1.807) is 0 Å². The molecular formula is C14H19ClN2O2. The molecule has 0 amide bonds. The highest BCUT2D eigenvalue weighted by Crippen LogP contribution is 2.25. The van der Waals surface area contributed by atoms with Crippen molar-refractivity contribution in [1.29, 1.82) is 0 Å². The molecular weight excluding hydrogens is 264 g/mol. The van der Waals surface area contributed by atoms with E-state index >= 15 is 0 Å². The smallest absolute Gasteiger partial charge is 0.233 e. The molecule has 0 saturated carbocycles. The molecule has 0 aliphatic rings. The summed E-state index contributed by atoms with van der Waals surface area (Å²) in [5, 5.41) is 0.515. The average molecular weight is 283 g/mol. The van der Waals surface area contributed by atoms with Crippen LogP contribution in [-0.4, -0.2) is 29.8 Å². The summed E-state index contributed by atoms with van der Waals surface area (Å²) in [6, 6.07) is 3.71. The van der Waals surface area contributed by atoms with E-state index in [2.05, 4.69) is 16.9 Å². The second-order valence-electron chi connectivity index (χ2n) is 4.35. The zero-order chi connectivity index (χ0) is 13.5. The molecule has 104 valence electrons. The Kier molecular flexibility index (Phi) is 5.48. The zero-order valence-corrected chi connectivity index (χ0v) is 11.9. The maximum Gasteiger partial charge on any atom is 0.233 e. The predicted octanol–water partition coefficient (Wildman–Crippen LogP) is 3.80. The number of hydrogen-bond acceptors (Lipinski definition) is 3. The predicted molar refractivity (Wildman–Crippen MR) is 76.9 cm³/mol. The van der Waals surface area contributed by atoms with E-state index in [1.165, 1.54) is 12.8 Å². The minimum atomic E-state index is 0.464. The first-order valence-electron chi connectivity index (χ1n) is 6.65. The largest absolute Gasteiger partial charge is 0.474 e. The Morgan fingerprint density at radius 3 is 3.00 bits per heavy atom. The van der Waals surface area contributed by atoms with Crippen molar-refractivity contribution in [1.82, 2.24) is 9.97 Å². The van der Waals surface area contributed by atoms with Crippen molar-refractivity contribution < 1.29 is 9.47 Å². The molecule has 0 saturated heterocycles. The highest BCUT2D eigenvalue weighted by Gasteiger charge is 2.06. The first kappa shape index (κ1) is 14.2. The van der Waals surface area contributed by atoms with E-state index < -0.39 is 0 Å². The minimum absolute atomic E-state index is 0.464. The fraction of sp³-hybridized carbons (Fsp3) is 0.500. The number of unbranched alkanes of at least 4 members (excludes halogenated alkanes) is 2. The van der Waals surface area contributed by atoms with E-state index in [0.29, 0.717) is 24.1 Å². The topological polar surface area (TPSA) is 47.1 Å². The molecule has 0 bridgehead atoms. The van der Waals surface area contributed by atoms with E-state index in [1.807, 2.05) is 18.3 Å². The lowest BCUT2D eigenvalue weighted by Crippen LogP contribution is -2.08. The molecule has 2 rings (SSSR count). The molecule has 0 radical (unpaired) electrons. The molecule has 0 aliphatic heterocycles. The molecule has 0 aromatic carbocycles. The lowest BCUT2D eigenvalue weighted by Gasteiger charge is -2.07. The second kappa shape index (κ2) is 7.36. The van der Waals surface area contributed by atoms with Crippen LogP contribution in [0.25, 0.3) is 11.0 Å². The first-order valence-corrected chi connectivity index (χ1v) is 7.03.